The van der Waals surface area contributed by atoms with E-state index in [9.17, 15) is 4.79 Å². The number of amidine groups is 1. The van der Waals surface area contributed by atoms with Crippen LogP contribution in [0.4, 0.5) is 11.6 Å². The first-order chi connectivity index (χ1) is 15.7. The van der Waals surface area contributed by atoms with E-state index in [0.29, 0.717) is 10.8 Å². The normalized spacial score (nSPS) is 27.0. The highest BCUT2D eigenvalue weighted by atomic mass is 32.2. The van der Waals surface area contributed by atoms with E-state index in [1.807, 2.05) is 53.4 Å². The highest BCUT2D eigenvalue weighted by Crippen LogP contribution is 2.40. The Kier molecular flexibility index (Phi) is 6.39. The van der Waals surface area contributed by atoms with Crippen LogP contribution in [0.5, 0.6) is 0 Å². The first-order valence-corrected chi connectivity index (χ1v) is 12.7. The third-order valence-electron chi connectivity index (χ3n) is 6.77. The van der Waals surface area contributed by atoms with Crippen molar-refractivity contribution in [1.82, 2.24) is 4.90 Å². The van der Waals surface area contributed by atoms with Gasteiger partial charge in [0.05, 0.1) is 10.6 Å². The van der Waals surface area contributed by atoms with Crippen LogP contribution in [-0.2, 0) is 4.79 Å². The van der Waals surface area contributed by atoms with Gasteiger partial charge in [0.15, 0.2) is 11.1 Å². The number of hydrogen-bond donors (Lipinski definition) is 0. The zero-order valence-electron chi connectivity index (χ0n) is 18.7. The second-order valence-corrected chi connectivity index (χ2v) is 10.1. The van der Waals surface area contributed by atoms with Gasteiger partial charge in [-0.15, -0.1) is 0 Å². The zero-order chi connectivity index (χ0) is 21.9. The molecule has 0 radical (unpaired) electrons. The number of thioether (sulfide) groups is 1. The number of carbonyl (C=O) groups is 1. The Balaban J connectivity index is 1.44. The minimum absolute atomic E-state index is 0.0550. The Labute approximate surface area is 194 Å². The number of amides is 1. The monoisotopic (exact) mass is 449 g/mol. The SMILES string of the molecule is C[C@H]1CCCC[C@H]1N1C(=O)/C(=C/c2ccc(N3CCCCC3)o2)SC1=Nc1ccccc1. The van der Waals surface area contributed by atoms with Crippen LogP contribution >= 0.6 is 11.8 Å². The van der Waals surface area contributed by atoms with Crippen molar-refractivity contribution in [2.75, 3.05) is 18.0 Å². The number of piperidine rings is 1. The number of carbonyl (C=O) groups excluding carboxylic acids is 1. The lowest BCUT2D eigenvalue weighted by Gasteiger charge is -2.35. The van der Waals surface area contributed by atoms with Crippen molar-refractivity contribution in [3.63, 3.8) is 0 Å². The summed E-state index contributed by atoms with van der Waals surface area (Å²) in [5.41, 5.74) is 0.878. The van der Waals surface area contributed by atoms with E-state index in [2.05, 4.69) is 11.8 Å². The third kappa shape index (κ3) is 4.51. The summed E-state index contributed by atoms with van der Waals surface area (Å²) in [5.74, 6) is 2.17. The Morgan fingerprint density at radius 2 is 1.78 bits per heavy atom. The molecule has 6 heteroatoms. The number of anilines is 1. The lowest BCUT2D eigenvalue weighted by Crippen LogP contribution is -2.44. The molecule has 5 nitrogen and oxygen atoms in total. The predicted octanol–water partition coefficient (Wildman–Crippen LogP) is 6.45. The highest BCUT2D eigenvalue weighted by Gasteiger charge is 2.41. The number of para-hydroxylation sites is 1. The van der Waals surface area contributed by atoms with Gasteiger partial charge in [-0.05, 0) is 68.0 Å². The fourth-order valence-corrected chi connectivity index (χ4v) is 6.01. The van der Waals surface area contributed by atoms with Crippen LogP contribution < -0.4 is 4.90 Å². The van der Waals surface area contributed by atoms with Gasteiger partial charge >= 0.3 is 0 Å². The number of benzene rings is 1. The smallest absolute Gasteiger partial charge is 0.267 e. The van der Waals surface area contributed by atoms with Crippen molar-refractivity contribution in [2.45, 2.75) is 57.9 Å². The Morgan fingerprint density at radius 1 is 1.00 bits per heavy atom. The Morgan fingerprint density at radius 3 is 2.56 bits per heavy atom. The van der Waals surface area contributed by atoms with Crippen molar-refractivity contribution in [3.8, 4) is 0 Å². The van der Waals surface area contributed by atoms with Crippen LogP contribution in [0.3, 0.4) is 0 Å². The van der Waals surface area contributed by atoms with Gasteiger partial charge in [0, 0.05) is 31.3 Å². The predicted molar refractivity (Wildman–Crippen MR) is 132 cm³/mol. The molecule has 1 aromatic carbocycles. The van der Waals surface area contributed by atoms with Gasteiger partial charge in [0.1, 0.15) is 5.76 Å². The maximum absolute atomic E-state index is 13.6. The molecule has 3 heterocycles. The van der Waals surface area contributed by atoms with E-state index < -0.39 is 0 Å². The summed E-state index contributed by atoms with van der Waals surface area (Å²) >= 11 is 1.47. The number of aliphatic imine (C=N–C) groups is 1. The first-order valence-electron chi connectivity index (χ1n) is 11.9. The van der Waals surface area contributed by atoms with Crippen LogP contribution in [0.15, 0.2) is 56.8 Å². The molecular formula is C26H31N3O2S. The molecule has 0 N–H and O–H groups in total. The van der Waals surface area contributed by atoms with Gasteiger partial charge in [0.2, 0.25) is 0 Å². The van der Waals surface area contributed by atoms with Crippen LogP contribution in [0.25, 0.3) is 6.08 Å². The van der Waals surface area contributed by atoms with Crippen molar-refractivity contribution < 1.29 is 9.21 Å². The molecule has 168 valence electrons. The molecule has 1 aliphatic carbocycles. The van der Waals surface area contributed by atoms with E-state index in [0.717, 1.165) is 48.4 Å². The average molecular weight is 450 g/mol. The van der Waals surface area contributed by atoms with Crippen molar-refractivity contribution in [3.05, 3.63) is 53.1 Å². The third-order valence-corrected chi connectivity index (χ3v) is 7.75. The van der Waals surface area contributed by atoms with Gasteiger partial charge in [-0.3, -0.25) is 9.69 Å². The van der Waals surface area contributed by atoms with Crippen molar-refractivity contribution >= 4 is 40.5 Å². The molecule has 0 unspecified atom stereocenters. The molecule has 0 spiro atoms. The summed E-state index contributed by atoms with van der Waals surface area (Å²) < 4.78 is 6.11. The second kappa shape index (κ2) is 9.57. The van der Waals surface area contributed by atoms with E-state index in [-0.39, 0.29) is 11.9 Å². The summed E-state index contributed by atoms with van der Waals surface area (Å²) in [6.45, 7) is 4.35. The van der Waals surface area contributed by atoms with Gasteiger partial charge < -0.3 is 9.32 Å². The second-order valence-electron chi connectivity index (χ2n) is 9.07. The summed E-state index contributed by atoms with van der Waals surface area (Å²) in [5, 5.41) is 0.786. The Hall–Kier alpha value is -2.47. The number of nitrogens with zero attached hydrogens (tertiary/aromatic N) is 3. The fourth-order valence-electron chi connectivity index (χ4n) is 4.98. The Bertz CT molecular complexity index is 1010. The molecule has 0 bridgehead atoms. The standard InChI is InChI=1S/C26H31N3O2S/c1-19-10-6-7-13-22(19)29-25(30)23(32-26(29)27-20-11-4-2-5-12-20)18-21-14-15-24(31-21)28-16-8-3-9-17-28/h2,4-5,11-12,14-15,18-19,22H,3,6-10,13,16-17H2,1H3/b23-18-,27-26?/t19-,22+/m0/s1. The topological polar surface area (TPSA) is 49.1 Å². The number of rotatable bonds is 4. The number of furan rings is 1. The van der Waals surface area contributed by atoms with Crippen LogP contribution in [0.2, 0.25) is 0 Å². The van der Waals surface area contributed by atoms with E-state index in [1.165, 1.54) is 43.9 Å². The number of hydrogen-bond acceptors (Lipinski definition) is 5. The molecule has 3 aliphatic rings. The van der Waals surface area contributed by atoms with Gasteiger partial charge in [0.25, 0.3) is 5.91 Å². The average Bonchev–Trinajstić information content (AvgIpc) is 3.41. The van der Waals surface area contributed by atoms with Crippen molar-refractivity contribution in [2.24, 2.45) is 10.9 Å². The molecule has 3 fully saturated rings. The van der Waals surface area contributed by atoms with Crippen LogP contribution in [-0.4, -0.2) is 35.1 Å². The fraction of sp³-hybridized carbons (Fsp3) is 0.462. The lowest BCUT2D eigenvalue weighted by molar-refractivity contribution is -0.124. The highest BCUT2D eigenvalue weighted by molar-refractivity contribution is 8.18. The first kappa shape index (κ1) is 21.4. The minimum atomic E-state index is 0.0550. The molecule has 2 aliphatic heterocycles. The zero-order valence-corrected chi connectivity index (χ0v) is 19.5. The van der Waals surface area contributed by atoms with Crippen LogP contribution in [0.1, 0.15) is 57.6 Å². The van der Waals surface area contributed by atoms with Crippen molar-refractivity contribution in [1.29, 1.82) is 0 Å². The van der Waals surface area contributed by atoms with E-state index in [1.54, 1.807) is 0 Å². The summed E-state index contributed by atoms with van der Waals surface area (Å²) in [7, 11) is 0. The summed E-state index contributed by atoms with van der Waals surface area (Å²) in [6, 6.07) is 14.1. The molecule has 32 heavy (non-hydrogen) atoms. The van der Waals surface area contributed by atoms with E-state index in [4.69, 9.17) is 9.41 Å². The maximum Gasteiger partial charge on any atom is 0.267 e. The molecule has 2 atom stereocenters. The maximum atomic E-state index is 13.6. The molecular weight excluding hydrogens is 418 g/mol. The van der Waals surface area contributed by atoms with Gasteiger partial charge in [-0.1, -0.05) is 38.0 Å². The van der Waals surface area contributed by atoms with Crippen LogP contribution in [0, 0.1) is 5.92 Å². The molecule has 1 saturated carbocycles. The molecule has 2 aromatic rings. The van der Waals surface area contributed by atoms with E-state index >= 15 is 0 Å². The molecule has 1 aromatic heterocycles. The lowest BCUT2D eigenvalue weighted by atomic mass is 9.85. The molecule has 5 rings (SSSR count). The van der Waals surface area contributed by atoms with Gasteiger partial charge in [-0.25, -0.2) is 4.99 Å². The summed E-state index contributed by atoms with van der Waals surface area (Å²) in [4.78, 5) is 23.4. The quantitative estimate of drug-likeness (QED) is 0.503. The molecule has 2 saturated heterocycles. The largest absolute Gasteiger partial charge is 0.441 e. The molecule has 1 amide bonds. The van der Waals surface area contributed by atoms with Gasteiger partial charge in [-0.2, -0.15) is 0 Å². The minimum Gasteiger partial charge on any atom is -0.441 e. The summed E-state index contributed by atoms with van der Waals surface area (Å²) in [6.07, 6.45) is 10.2.